The Hall–Kier alpha value is -1.10. The molecule has 0 saturated carbocycles. The van der Waals surface area contributed by atoms with E-state index in [1.165, 1.54) is 0 Å². The summed E-state index contributed by atoms with van der Waals surface area (Å²) in [7, 11) is 0. The second-order valence-electron chi connectivity index (χ2n) is 7.12. The van der Waals surface area contributed by atoms with E-state index in [2.05, 4.69) is 11.8 Å². The molecule has 3 heterocycles. The highest BCUT2D eigenvalue weighted by Gasteiger charge is 2.42. The predicted molar refractivity (Wildman–Crippen MR) is 83.3 cm³/mol. The van der Waals surface area contributed by atoms with E-state index in [4.69, 9.17) is 4.74 Å². The van der Waals surface area contributed by atoms with Crippen molar-refractivity contribution in [1.29, 1.82) is 0 Å². The number of hydrogen-bond acceptors (Lipinski definition) is 3. The number of amides is 2. The van der Waals surface area contributed by atoms with Crippen LogP contribution in [0.5, 0.6) is 0 Å². The summed E-state index contributed by atoms with van der Waals surface area (Å²) in [5, 5.41) is 0. The molecule has 0 aliphatic carbocycles. The van der Waals surface area contributed by atoms with E-state index in [0.29, 0.717) is 18.2 Å². The number of carbonyl (C=O) groups excluding carboxylic acids is 2. The molecule has 0 aromatic heterocycles. The lowest BCUT2D eigenvalue weighted by atomic mass is 9.72. The largest absolute Gasteiger partial charge is 0.381 e. The average Bonchev–Trinajstić information content (AvgIpc) is 2.58. The number of carbonyl (C=O) groups is 2. The first-order valence-corrected chi connectivity index (χ1v) is 8.78. The van der Waals surface area contributed by atoms with E-state index >= 15 is 0 Å². The molecule has 5 nitrogen and oxygen atoms in total. The van der Waals surface area contributed by atoms with Crippen LogP contribution in [0.2, 0.25) is 0 Å². The van der Waals surface area contributed by atoms with Crippen LogP contribution < -0.4 is 0 Å². The summed E-state index contributed by atoms with van der Waals surface area (Å²) in [6.45, 7) is 6.93. The van der Waals surface area contributed by atoms with Crippen LogP contribution in [0.25, 0.3) is 0 Å². The Morgan fingerprint density at radius 1 is 1.23 bits per heavy atom. The van der Waals surface area contributed by atoms with Crippen molar-refractivity contribution in [3.8, 4) is 0 Å². The smallest absolute Gasteiger partial charge is 0.225 e. The molecular weight excluding hydrogens is 280 g/mol. The van der Waals surface area contributed by atoms with Crippen LogP contribution >= 0.6 is 0 Å². The predicted octanol–water partition coefficient (Wildman–Crippen LogP) is 1.66. The Kier molecular flexibility index (Phi) is 4.71. The molecular formula is C17H28N2O3. The Balaban J connectivity index is 1.55. The molecule has 2 amide bonds. The highest BCUT2D eigenvalue weighted by Crippen LogP contribution is 2.40. The normalized spacial score (nSPS) is 26.5. The van der Waals surface area contributed by atoms with Crippen LogP contribution in [0.15, 0.2) is 0 Å². The molecule has 0 bridgehead atoms. The van der Waals surface area contributed by atoms with E-state index in [1.807, 2.05) is 4.90 Å². The molecule has 0 atom stereocenters. The van der Waals surface area contributed by atoms with Gasteiger partial charge in [0.25, 0.3) is 0 Å². The Bertz CT molecular complexity index is 424. The first kappa shape index (κ1) is 15.8. The third kappa shape index (κ3) is 3.14. The van der Waals surface area contributed by atoms with Crippen LogP contribution in [0.1, 0.15) is 45.4 Å². The van der Waals surface area contributed by atoms with Gasteiger partial charge in [0.05, 0.1) is 0 Å². The molecule has 0 aromatic carbocycles. The summed E-state index contributed by atoms with van der Waals surface area (Å²) in [4.78, 5) is 28.5. The van der Waals surface area contributed by atoms with E-state index in [9.17, 15) is 9.59 Å². The minimum atomic E-state index is 0.169. The molecule has 1 spiro atoms. The molecule has 0 unspecified atom stereocenters. The fourth-order valence-corrected chi connectivity index (χ4v) is 4.20. The molecule has 124 valence electrons. The Morgan fingerprint density at radius 3 is 2.55 bits per heavy atom. The maximum atomic E-state index is 12.6. The van der Waals surface area contributed by atoms with Gasteiger partial charge in [-0.25, -0.2) is 0 Å². The number of likely N-dealkylation sites (tertiary alicyclic amines) is 2. The minimum Gasteiger partial charge on any atom is -0.381 e. The van der Waals surface area contributed by atoms with Crippen molar-refractivity contribution >= 4 is 11.8 Å². The Morgan fingerprint density at radius 2 is 1.91 bits per heavy atom. The van der Waals surface area contributed by atoms with Gasteiger partial charge in [0, 0.05) is 51.7 Å². The van der Waals surface area contributed by atoms with Crippen molar-refractivity contribution < 1.29 is 14.3 Å². The summed E-state index contributed by atoms with van der Waals surface area (Å²) in [5.41, 5.74) is 0.260. The van der Waals surface area contributed by atoms with Gasteiger partial charge in [0.15, 0.2) is 0 Å². The first-order valence-electron chi connectivity index (χ1n) is 8.78. The fourth-order valence-electron chi connectivity index (χ4n) is 4.20. The highest BCUT2D eigenvalue weighted by atomic mass is 16.5. The molecule has 5 heteroatoms. The molecule has 3 rings (SSSR count). The van der Waals surface area contributed by atoms with Crippen molar-refractivity contribution in [2.75, 3.05) is 39.4 Å². The fraction of sp³-hybridized carbons (Fsp3) is 0.882. The lowest BCUT2D eigenvalue weighted by Crippen LogP contribution is -2.53. The first-order chi connectivity index (χ1) is 10.6. The summed E-state index contributed by atoms with van der Waals surface area (Å²) in [6.07, 6.45) is 5.53. The second kappa shape index (κ2) is 6.57. The monoisotopic (exact) mass is 308 g/mol. The van der Waals surface area contributed by atoms with Crippen LogP contribution in [0.3, 0.4) is 0 Å². The van der Waals surface area contributed by atoms with Gasteiger partial charge in [-0.2, -0.15) is 0 Å². The molecule has 3 fully saturated rings. The zero-order chi connectivity index (χ0) is 15.6. The van der Waals surface area contributed by atoms with E-state index in [1.54, 1.807) is 0 Å². The van der Waals surface area contributed by atoms with Gasteiger partial charge in [0.2, 0.25) is 11.8 Å². The van der Waals surface area contributed by atoms with Crippen molar-refractivity contribution in [2.45, 2.75) is 45.4 Å². The van der Waals surface area contributed by atoms with Crippen molar-refractivity contribution in [1.82, 2.24) is 9.80 Å². The summed E-state index contributed by atoms with van der Waals surface area (Å²) >= 11 is 0. The van der Waals surface area contributed by atoms with Crippen LogP contribution in [0.4, 0.5) is 0 Å². The van der Waals surface area contributed by atoms with Crippen LogP contribution in [-0.2, 0) is 14.3 Å². The molecule has 3 saturated heterocycles. The maximum absolute atomic E-state index is 12.6. The van der Waals surface area contributed by atoms with Gasteiger partial charge in [-0.15, -0.1) is 0 Å². The summed E-state index contributed by atoms with van der Waals surface area (Å²) in [5.74, 6) is 0.800. The van der Waals surface area contributed by atoms with E-state index < -0.39 is 0 Å². The lowest BCUT2D eigenvalue weighted by Gasteiger charge is -2.47. The number of ether oxygens (including phenoxy) is 1. The third-order valence-corrected chi connectivity index (χ3v) is 5.84. The second-order valence-corrected chi connectivity index (χ2v) is 7.12. The Labute approximate surface area is 133 Å². The van der Waals surface area contributed by atoms with Crippen molar-refractivity contribution in [3.63, 3.8) is 0 Å². The number of nitrogens with zero attached hydrogens (tertiary/aromatic N) is 2. The molecule has 0 N–H and O–H groups in total. The van der Waals surface area contributed by atoms with Crippen molar-refractivity contribution in [3.05, 3.63) is 0 Å². The quantitative estimate of drug-likeness (QED) is 0.779. The van der Waals surface area contributed by atoms with Gasteiger partial charge in [-0.3, -0.25) is 9.59 Å². The van der Waals surface area contributed by atoms with Crippen molar-refractivity contribution in [2.24, 2.45) is 11.3 Å². The molecule has 3 aliphatic heterocycles. The standard InChI is InChI=1S/C17H28N2O3/c1-2-18-13-17(6-3-15(18)20)7-9-19(10-8-17)16(21)14-4-11-22-12-5-14/h14H,2-13H2,1H3. The van der Waals surface area contributed by atoms with Gasteiger partial charge >= 0.3 is 0 Å². The zero-order valence-electron chi connectivity index (χ0n) is 13.7. The van der Waals surface area contributed by atoms with E-state index in [0.717, 1.165) is 71.5 Å². The number of piperidine rings is 2. The SMILES string of the molecule is CCN1CC2(CCC1=O)CCN(C(=O)C1CCOCC1)CC2. The minimum absolute atomic E-state index is 0.169. The number of rotatable bonds is 2. The zero-order valence-corrected chi connectivity index (χ0v) is 13.7. The van der Waals surface area contributed by atoms with Gasteiger partial charge in [0.1, 0.15) is 0 Å². The maximum Gasteiger partial charge on any atom is 0.225 e. The topological polar surface area (TPSA) is 49.9 Å². The highest BCUT2D eigenvalue weighted by molar-refractivity contribution is 5.79. The summed E-state index contributed by atoms with van der Waals surface area (Å²) in [6, 6.07) is 0. The van der Waals surface area contributed by atoms with Gasteiger partial charge < -0.3 is 14.5 Å². The average molecular weight is 308 g/mol. The van der Waals surface area contributed by atoms with Crippen LogP contribution in [-0.4, -0.2) is 61.0 Å². The van der Waals surface area contributed by atoms with Gasteiger partial charge in [-0.05, 0) is 44.4 Å². The summed E-state index contributed by atoms with van der Waals surface area (Å²) < 4.78 is 5.35. The molecule has 22 heavy (non-hydrogen) atoms. The lowest BCUT2D eigenvalue weighted by molar-refractivity contribution is -0.145. The third-order valence-electron chi connectivity index (χ3n) is 5.84. The van der Waals surface area contributed by atoms with Gasteiger partial charge in [-0.1, -0.05) is 0 Å². The number of hydrogen-bond donors (Lipinski definition) is 0. The van der Waals surface area contributed by atoms with E-state index in [-0.39, 0.29) is 11.3 Å². The van der Waals surface area contributed by atoms with Crippen LogP contribution in [0, 0.1) is 11.3 Å². The molecule has 3 aliphatic rings. The molecule has 0 aromatic rings. The molecule has 0 radical (unpaired) electrons.